The fraction of sp³-hybridized carbons (Fsp3) is 0. The molecule has 1 heteroatoms. The number of hydrogen-bond acceptors (Lipinski definition) is 1. The summed E-state index contributed by atoms with van der Waals surface area (Å²) in [6.07, 6.45) is 0. The lowest BCUT2D eigenvalue weighted by Gasteiger charge is -2.18. The van der Waals surface area contributed by atoms with E-state index in [1.54, 1.807) is 0 Å². The first kappa shape index (κ1) is 29.7. The van der Waals surface area contributed by atoms with Crippen LogP contribution in [0.3, 0.4) is 0 Å². The summed E-state index contributed by atoms with van der Waals surface area (Å²) in [6, 6.07) is 70.6. The Morgan fingerprint density at radius 1 is 0.264 bits per heavy atom. The second kappa shape index (κ2) is 11.8. The van der Waals surface area contributed by atoms with Gasteiger partial charge in [0, 0.05) is 16.2 Å². The van der Waals surface area contributed by atoms with E-state index in [0.29, 0.717) is 0 Å². The van der Waals surface area contributed by atoms with Crippen molar-refractivity contribution in [1.82, 2.24) is 0 Å². The Morgan fingerprint density at radius 3 is 1.36 bits per heavy atom. The van der Waals surface area contributed by atoms with E-state index in [9.17, 15) is 0 Å². The molecule has 10 aromatic carbocycles. The highest BCUT2D eigenvalue weighted by molar-refractivity contribution is 6.22. The number of furan rings is 1. The Bertz CT molecular complexity index is 3140. The lowest BCUT2D eigenvalue weighted by Crippen LogP contribution is -1.91. The molecule has 11 rings (SSSR count). The molecule has 0 fully saturated rings. The highest BCUT2D eigenvalue weighted by Gasteiger charge is 2.18. The van der Waals surface area contributed by atoms with Crippen molar-refractivity contribution >= 4 is 65.0 Å². The summed E-state index contributed by atoms with van der Waals surface area (Å²) in [5, 5.41) is 12.2. The van der Waals surface area contributed by atoms with Gasteiger partial charge in [0.15, 0.2) is 0 Å². The molecular weight excluding hydrogens is 641 g/mol. The van der Waals surface area contributed by atoms with Gasteiger partial charge in [-0.05, 0) is 100 Å². The number of para-hydroxylation sites is 1. The molecule has 0 saturated heterocycles. The summed E-state index contributed by atoms with van der Waals surface area (Å²) in [7, 11) is 0. The van der Waals surface area contributed by atoms with Crippen LogP contribution in [-0.4, -0.2) is 0 Å². The fourth-order valence-electron chi connectivity index (χ4n) is 8.55. The Balaban J connectivity index is 1.00. The monoisotopic (exact) mass is 672 g/mol. The molecule has 246 valence electrons. The summed E-state index contributed by atoms with van der Waals surface area (Å²) in [6.45, 7) is 0. The third-order valence-corrected chi connectivity index (χ3v) is 11.1. The second-order valence-electron chi connectivity index (χ2n) is 14.0. The molecule has 1 aromatic heterocycles. The minimum atomic E-state index is 0.922. The van der Waals surface area contributed by atoms with Crippen LogP contribution in [0.2, 0.25) is 0 Å². The molecule has 0 aliphatic heterocycles. The van der Waals surface area contributed by atoms with E-state index in [1.807, 2.05) is 6.07 Å². The molecule has 1 heterocycles. The van der Waals surface area contributed by atoms with Crippen LogP contribution >= 0.6 is 0 Å². The van der Waals surface area contributed by atoms with Crippen molar-refractivity contribution in [2.45, 2.75) is 0 Å². The molecule has 11 aromatic rings. The van der Waals surface area contributed by atoms with Crippen molar-refractivity contribution in [1.29, 1.82) is 0 Å². The molecule has 0 saturated carbocycles. The van der Waals surface area contributed by atoms with Gasteiger partial charge in [0.1, 0.15) is 11.2 Å². The number of benzene rings is 10. The number of hydrogen-bond donors (Lipinski definition) is 0. The van der Waals surface area contributed by atoms with Gasteiger partial charge in [-0.1, -0.05) is 176 Å². The summed E-state index contributed by atoms with van der Waals surface area (Å²) < 4.78 is 6.36. The molecule has 0 atom stereocenters. The molecule has 1 nitrogen and oxygen atoms in total. The van der Waals surface area contributed by atoms with Crippen LogP contribution < -0.4 is 0 Å². The maximum Gasteiger partial charge on any atom is 0.143 e. The van der Waals surface area contributed by atoms with Crippen molar-refractivity contribution in [3.63, 3.8) is 0 Å². The van der Waals surface area contributed by atoms with Crippen molar-refractivity contribution in [2.75, 3.05) is 0 Å². The third kappa shape index (κ3) is 4.71. The van der Waals surface area contributed by atoms with E-state index in [-0.39, 0.29) is 0 Å². The van der Waals surface area contributed by atoms with Gasteiger partial charge in [0.2, 0.25) is 0 Å². The highest BCUT2D eigenvalue weighted by atomic mass is 16.3. The predicted molar refractivity (Wildman–Crippen MR) is 225 cm³/mol. The van der Waals surface area contributed by atoms with E-state index >= 15 is 0 Å². The summed E-state index contributed by atoms with van der Waals surface area (Å²) >= 11 is 0. The Hall–Kier alpha value is -6.96. The van der Waals surface area contributed by atoms with Gasteiger partial charge >= 0.3 is 0 Å². The lowest BCUT2D eigenvalue weighted by molar-refractivity contribution is 0.672. The van der Waals surface area contributed by atoms with Gasteiger partial charge in [-0.25, -0.2) is 0 Å². The Kier molecular flexibility index (Phi) is 6.62. The maximum absolute atomic E-state index is 6.36. The second-order valence-corrected chi connectivity index (χ2v) is 14.0. The third-order valence-electron chi connectivity index (χ3n) is 11.1. The van der Waals surface area contributed by atoms with Crippen LogP contribution in [0, 0.1) is 0 Å². The first-order valence-corrected chi connectivity index (χ1v) is 18.3. The quantitative estimate of drug-likeness (QED) is 0.170. The predicted octanol–water partition coefficient (Wildman–Crippen LogP) is 14.9. The molecule has 0 amide bonds. The van der Waals surface area contributed by atoms with Gasteiger partial charge in [0.05, 0.1) is 0 Å². The molecule has 0 aliphatic carbocycles. The van der Waals surface area contributed by atoms with E-state index in [4.69, 9.17) is 4.42 Å². The fourth-order valence-corrected chi connectivity index (χ4v) is 8.55. The van der Waals surface area contributed by atoms with E-state index in [1.165, 1.54) is 82.2 Å². The van der Waals surface area contributed by atoms with Crippen LogP contribution in [0.15, 0.2) is 199 Å². The first-order valence-electron chi connectivity index (χ1n) is 18.3. The SMILES string of the molecule is c1ccc2cc(-c3c4ccccc4c(-c4ccc(-c5ccc(-c6cc7c8ccccc8oc7c7ccccc67)cc5)cc4)c4ccccc34)ccc2c1. The summed E-state index contributed by atoms with van der Waals surface area (Å²) in [5.74, 6) is 0. The average molecular weight is 673 g/mol. The summed E-state index contributed by atoms with van der Waals surface area (Å²) in [4.78, 5) is 0. The van der Waals surface area contributed by atoms with Gasteiger partial charge in [-0.3, -0.25) is 0 Å². The van der Waals surface area contributed by atoms with Gasteiger partial charge in [-0.2, -0.15) is 0 Å². The van der Waals surface area contributed by atoms with Crippen molar-refractivity contribution in [3.05, 3.63) is 194 Å². The highest BCUT2D eigenvalue weighted by Crippen LogP contribution is 2.45. The largest absolute Gasteiger partial charge is 0.455 e. The molecule has 0 N–H and O–H groups in total. The van der Waals surface area contributed by atoms with Crippen molar-refractivity contribution < 1.29 is 4.42 Å². The zero-order valence-electron chi connectivity index (χ0n) is 28.9. The molecular formula is C52H32O. The van der Waals surface area contributed by atoms with Crippen LogP contribution in [0.1, 0.15) is 0 Å². The Morgan fingerprint density at radius 2 is 0.717 bits per heavy atom. The number of fused-ring (bicyclic) bond motifs is 8. The average Bonchev–Trinajstić information content (AvgIpc) is 3.61. The van der Waals surface area contributed by atoms with E-state index in [0.717, 1.165) is 27.3 Å². The van der Waals surface area contributed by atoms with Crippen LogP contribution in [0.25, 0.3) is 110 Å². The number of rotatable bonds is 4. The van der Waals surface area contributed by atoms with Crippen molar-refractivity contribution in [2.24, 2.45) is 0 Å². The molecule has 0 unspecified atom stereocenters. The molecule has 0 aliphatic rings. The zero-order valence-corrected chi connectivity index (χ0v) is 28.9. The first-order chi connectivity index (χ1) is 26.3. The summed E-state index contributed by atoms with van der Waals surface area (Å²) in [5.41, 5.74) is 11.7. The topological polar surface area (TPSA) is 13.1 Å². The maximum atomic E-state index is 6.36. The van der Waals surface area contributed by atoms with Crippen LogP contribution in [0.5, 0.6) is 0 Å². The molecule has 0 radical (unpaired) electrons. The van der Waals surface area contributed by atoms with Crippen LogP contribution in [-0.2, 0) is 0 Å². The Labute approximate surface area is 307 Å². The minimum absolute atomic E-state index is 0.922. The molecule has 0 bridgehead atoms. The molecule has 0 spiro atoms. The van der Waals surface area contributed by atoms with E-state index < -0.39 is 0 Å². The van der Waals surface area contributed by atoms with Crippen LogP contribution in [0.4, 0.5) is 0 Å². The van der Waals surface area contributed by atoms with E-state index in [2.05, 4.69) is 188 Å². The van der Waals surface area contributed by atoms with Crippen molar-refractivity contribution in [3.8, 4) is 44.5 Å². The smallest absolute Gasteiger partial charge is 0.143 e. The standard InChI is InChI=1S/C52H32O/c1-2-12-38-31-39(30-25-33(38)11-1)51-44-17-6-4-15-42(44)50(43-16-5-7-18-45(43)51)37-28-23-35(24-29-37)34-21-26-36(27-22-34)47-32-48-41-14-9-10-20-49(41)53-52(48)46-19-8-3-13-40(46)47/h1-32H. The van der Waals surface area contributed by atoms with Gasteiger partial charge < -0.3 is 4.42 Å². The lowest BCUT2D eigenvalue weighted by atomic mass is 9.85. The van der Waals surface area contributed by atoms with Gasteiger partial charge in [-0.15, -0.1) is 0 Å². The van der Waals surface area contributed by atoms with Gasteiger partial charge in [0.25, 0.3) is 0 Å². The normalized spacial score (nSPS) is 11.8. The molecule has 53 heavy (non-hydrogen) atoms. The minimum Gasteiger partial charge on any atom is -0.455 e. The zero-order chi connectivity index (χ0) is 34.9.